The molecule has 23 heavy (non-hydrogen) atoms. The van der Waals surface area contributed by atoms with Crippen molar-refractivity contribution >= 4 is 5.91 Å². The lowest BCUT2D eigenvalue weighted by Crippen LogP contribution is -2.52. The second kappa shape index (κ2) is 6.13. The van der Waals surface area contributed by atoms with Crippen LogP contribution < -0.4 is 10.1 Å². The summed E-state index contributed by atoms with van der Waals surface area (Å²) in [6.45, 7) is 7.90. The van der Waals surface area contributed by atoms with Crippen LogP contribution in [0.3, 0.4) is 0 Å². The number of carbonyl (C=O) groups is 1. The number of piperazine rings is 1. The number of nitrogens with zero attached hydrogens (tertiary/aromatic N) is 2. The SMILES string of the molecule is CC(c1ccc2c(c1)OCC2)N1CCN(C2CCNC2=O)CC1. The van der Waals surface area contributed by atoms with Gasteiger partial charge in [-0.25, -0.2) is 0 Å². The smallest absolute Gasteiger partial charge is 0.237 e. The molecule has 2 atom stereocenters. The lowest BCUT2D eigenvalue weighted by Gasteiger charge is -2.40. The van der Waals surface area contributed by atoms with E-state index < -0.39 is 0 Å². The Hall–Kier alpha value is -1.59. The maximum absolute atomic E-state index is 11.8. The number of carbonyl (C=O) groups excluding carboxylic acids is 1. The maximum atomic E-state index is 11.8. The minimum Gasteiger partial charge on any atom is -0.493 e. The van der Waals surface area contributed by atoms with Crippen LogP contribution in [-0.2, 0) is 11.2 Å². The predicted molar refractivity (Wildman–Crippen MR) is 88.6 cm³/mol. The summed E-state index contributed by atoms with van der Waals surface area (Å²) >= 11 is 0. The quantitative estimate of drug-likeness (QED) is 0.910. The third-order valence-electron chi connectivity index (χ3n) is 5.56. The predicted octanol–water partition coefficient (Wildman–Crippen LogP) is 1.19. The third-order valence-corrected chi connectivity index (χ3v) is 5.56. The van der Waals surface area contributed by atoms with E-state index in [1.54, 1.807) is 0 Å². The number of ether oxygens (including phenoxy) is 1. The molecule has 124 valence electrons. The van der Waals surface area contributed by atoms with E-state index >= 15 is 0 Å². The lowest BCUT2D eigenvalue weighted by atomic mass is 10.0. The van der Waals surface area contributed by atoms with Gasteiger partial charge in [0.25, 0.3) is 0 Å². The molecule has 1 aromatic carbocycles. The Kier molecular flexibility index (Phi) is 3.99. The molecule has 0 aliphatic carbocycles. The Morgan fingerprint density at radius 1 is 1.26 bits per heavy atom. The monoisotopic (exact) mass is 315 g/mol. The summed E-state index contributed by atoms with van der Waals surface area (Å²) in [5, 5.41) is 2.94. The van der Waals surface area contributed by atoms with Gasteiger partial charge in [0.05, 0.1) is 12.6 Å². The fraction of sp³-hybridized carbons (Fsp3) is 0.611. The van der Waals surface area contributed by atoms with E-state index in [2.05, 4.69) is 40.2 Å². The van der Waals surface area contributed by atoms with E-state index in [9.17, 15) is 4.79 Å². The highest BCUT2D eigenvalue weighted by Gasteiger charge is 2.33. The van der Waals surface area contributed by atoms with Gasteiger partial charge in [-0.2, -0.15) is 0 Å². The summed E-state index contributed by atoms with van der Waals surface area (Å²) in [6.07, 6.45) is 1.99. The van der Waals surface area contributed by atoms with E-state index in [-0.39, 0.29) is 11.9 Å². The molecular weight excluding hydrogens is 290 g/mol. The molecule has 1 N–H and O–H groups in total. The number of benzene rings is 1. The van der Waals surface area contributed by atoms with E-state index in [0.29, 0.717) is 6.04 Å². The minimum atomic E-state index is 0.0980. The van der Waals surface area contributed by atoms with Crippen LogP contribution in [0.25, 0.3) is 0 Å². The zero-order chi connectivity index (χ0) is 15.8. The van der Waals surface area contributed by atoms with Crippen molar-refractivity contribution in [3.63, 3.8) is 0 Å². The standard InChI is InChI=1S/C18H25N3O2/c1-13(15-3-2-14-5-11-23-17(14)12-15)20-7-9-21(10-8-20)16-4-6-19-18(16)22/h2-3,12-13,16H,4-11H2,1H3,(H,19,22). The van der Waals surface area contributed by atoms with Crippen LogP contribution >= 0.6 is 0 Å². The zero-order valence-corrected chi connectivity index (χ0v) is 13.8. The average molecular weight is 315 g/mol. The fourth-order valence-electron chi connectivity index (χ4n) is 4.02. The topological polar surface area (TPSA) is 44.8 Å². The van der Waals surface area contributed by atoms with Gasteiger partial charge in [-0.3, -0.25) is 14.6 Å². The van der Waals surface area contributed by atoms with E-state index in [0.717, 1.165) is 57.9 Å². The molecule has 0 bridgehead atoms. The Bertz CT molecular complexity index is 596. The second-order valence-electron chi connectivity index (χ2n) is 6.81. The molecule has 2 fully saturated rings. The van der Waals surface area contributed by atoms with Crippen LogP contribution in [0.15, 0.2) is 18.2 Å². The molecule has 4 rings (SSSR count). The molecule has 1 aromatic rings. The first-order valence-corrected chi connectivity index (χ1v) is 8.74. The van der Waals surface area contributed by atoms with E-state index in [1.807, 2.05) is 0 Å². The van der Waals surface area contributed by atoms with Crippen molar-refractivity contribution in [3.8, 4) is 5.75 Å². The molecule has 2 saturated heterocycles. The van der Waals surface area contributed by atoms with Crippen LogP contribution in [-0.4, -0.2) is 61.1 Å². The Balaban J connectivity index is 1.39. The molecule has 0 spiro atoms. The molecule has 5 heteroatoms. The fourth-order valence-corrected chi connectivity index (χ4v) is 4.02. The van der Waals surface area contributed by atoms with Crippen molar-refractivity contribution in [1.82, 2.24) is 15.1 Å². The van der Waals surface area contributed by atoms with Crippen LogP contribution in [0.2, 0.25) is 0 Å². The molecule has 0 saturated carbocycles. The van der Waals surface area contributed by atoms with E-state index in [1.165, 1.54) is 11.1 Å². The number of hydrogen-bond acceptors (Lipinski definition) is 4. The average Bonchev–Trinajstić information content (AvgIpc) is 3.22. The van der Waals surface area contributed by atoms with Gasteiger partial charge in [0, 0.05) is 45.2 Å². The summed E-state index contributed by atoms with van der Waals surface area (Å²) in [5.74, 6) is 1.28. The van der Waals surface area contributed by atoms with Crippen LogP contribution in [0.4, 0.5) is 0 Å². The summed E-state index contributed by atoms with van der Waals surface area (Å²) < 4.78 is 5.70. The zero-order valence-electron chi connectivity index (χ0n) is 13.8. The van der Waals surface area contributed by atoms with Crippen molar-refractivity contribution in [2.45, 2.75) is 31.8 Å². The molecule has 2 unspecified atom stereocenters. The highest BCUT2D eigenvalue weighted by Crippen LogP contribution is 2.31. The Morgan fingerprint density at radius 3 is 2.83 bits per heavy atom. The van der Waals surface area contributed by atoms with Gasteiger partial charge in [0.15, 0.2) is 0 Å². The molecular formula is C18H25N3O2. The normalized spacial score (nSPS) is 26.7. The number of amides is 1. The molecule has 3 heterocycles. The van der Waals surface area contributed by atoms with Crippen molar-refractivity contribution in [3.05, 3.63) is 29.3 Å². The first-order chi connectivity index (χ1) is 11.2. The van der Waals surface area contributed by atoms with Gasteiger partial charge >= 0.3 is 0 Å². The highest BCUT2D eigenvalue weighted by atomic mass is 16.5. The highest BCUT2D eigenvalue weighted by molar-refractivity contribution is 5.83. The first-order valence-electron chi connectivity index (χ1n) is 8.74. The summed E-state index contributed by atoms with van der Waals surface area (Å²) in [5.41, 5.74) is 2.66. The van der Waals surface area contributed by atoms with Gasteiger partial charge in [-0.05, 0) is 30.5 Å². The van der Waals surface area contributed by atoms with Gasteiger partial charge in [0.1, 0.15) is 5.75 Å². The van der Waals surface area contributed by atoms with Gasteiger partial charge in [-0.1, -0.05) is 12.1 Å². The van der Waals surface area contributed by atoms with E-state index in [4.69, 9.17) is 4.74 Å². The minimum absolute atomic E-state index is 0.0980. The van der Waals surface area contributed by atoms with Crippen molar-refractivity contribution in [2.75, 3.05) is 39.3 Å². The summed E-state index contributed by atoms with van der Waals surface area (Å²) in [6, 6.07) is 7.16. The third kappa shape index (κ3) is 2.83. The van der Waals surface area contributed by atoms with Gasteiger partial charge in [0.2, 0.25) is 5.91 Å². The lowest BCUT2D eigenvalue weighted by molar-refractivity contribution is -0.124. The molecule has 3 aliphatic heterocycles. The Morgan fingerprint density at radius 2 is 2.09 bits per heavy atom. The van der Waals surface area contributed by atoms with Gasteiger partial charge in [-0.15, -0.1) is 0 Å². The molecule has 0 radical (unpaired) electrons. The number of nitrogens with one attached hydrogen (secondary N) is 1. The molecule has 0 aromatic heterocycles. The largest absolute Gasteiger partial charge is 0.493 e. The molecule has 3 aliphatic rings. The number of rotatable bonds is 3. The van der Waals surface area contributed by atoms with Crippen molar-refractivity contribution < 1.29 is 9.53 Å². The first kappa shape index (κ1) is 15.0. The summed E-state index contributed by atoms with van der Waals surface area (Å²) in [7, 11) is 0. The van der Waals surface area contributed by atoms with Crippen molar-refractivity contribution in [2.24, 2.45) is 0 Å². The number of fused-ring (bicyclic) bond motifs is 1. The second-order valence-corrected chi connectivity index (χ2v) is 6.81. The summed E-state index contributed by atoms with van der Waals surface area (Å²) in [4.78, 5) is 16.7. The molecule has 5 nitrogen and oxygen atoms in total. The van der Waals surface area contributed by atoms with Gasteiger partial charge < -0.3 is 10.1 Å². The van der Waals surface area contributed by atoms with Crippen LogP contribution in [0.1, 0.15) is 30.5 Å². The maximum Gasteiger partial charge on any atom is 0.237 e. The van der Waals surface area contributed by atoms with Crippen LogP contribution in [0, 0.1) is 0 Å². The van der Waals surface area contributed by atoms with Crippen LogP contribution in [0.5, 0.6) is 5.75 Å². The van der Waals surface area contributed by atoms with Crippen molar-refractivity contribution in [1.29, 1.82) is 0 Å². The molecule has 1 amide bonds. The number of hydrogen-bond donors (Lipinski definition) is 1. The Labute approximate surface area is 137 Å².